The molecule has 1 aliphatic rings. The molecule has 132 valence electrons. The van der Waals surface area contributed by atoms with E-state index in [1.165, 1.54) is 17.0 Å². The summed E-state index contributed by atoms with van der Waals surface area (Å²) in [5, 5.41) is 9.71. The Morgan fingerprint density at radius 1 is 1.24 bits per heavy atom. The number of hydrogen-bond donors (Lipinski definition) is 1. The van der Waals surface area contributed by atoms with E-state index in [1.54, 1.807) is 24.3 Å². The zero-order valence-electron chi connectivity index (χ0n) is 14.0. The van der Waals surface area contributed by atoms with Crippen molar-refractivity contribution in [1.29, 1.82) is 0 Å². The van der Waals surface area contributed by atoms with E-state index in [-0.39, 0.29) is 6.04 Å². The summed E-state index contributed by atoms with van der Waals surface area (Å²) in [6.45, 7) is 1.26. The minimum Gasteiger partial charge on any atom is -0.465 e. The molecule has 0 unspecified atom stereocenters. The van der Waals surface area contributed by atoms with Gasteiger partial charge in [0.2, 0.25) is 0 Å². The summed E-state index contributed by atoms with van der Waals surface area (Å²) < 4.78 is 27.2. The molecule has 6 heteroatoms. The standard InChI is InChI=1S/C19H20F2N2O2/c1-22-8-4-5-16(22)12-23(19(24)25)18-7-3-2-6-17(18)13-9-14(20)11-15(21)10-13/h2-3,6-7,9-11,16H,4-5,8,12H2,1H3,(H,24,25)/t16-/m0/s1. The highest BCUT2D eigenvalue weighted by Crippen LogP contribution is 2.33. The van der Waals surface area contributed by atoms with Crippen LogP contribution in [0.3, 0.4) is 0 Å². The zero-order valence-corrected chi connectivity index (χ0v) is 14.0. The third-order valence-corrected chi connectivity index (χ3v) is 4.66. The van der Waals surface area contributed by atoms with Crippen LogP contribution in [0.5, 0.6) is 0 Å². The number of likely N-dealkylation sites (N-methyl/N-ethyl adjacent to an activating group) is 1. The van der Waals surface area contributed by atoms with Crippen LogP contribution in [0.2, 0.25) is 0 Å². The van der Waals surface area contributed by atoms with E-state index < -0.39 is 17.7 Å². The Hall–Kier alpha value is -2.47. The first kappa shape index (κ1) is 17.4. The SMILES string of the molecule is CN1CCC[C@H]1CN(C(=O)O)c1ccccc1-c1cc(F)cc(F)c1. The van der Waals surface area contributed by atoms with Crippen LogP contribution in [0.1, 0.15) is 12.8 Å². The molecule has 0 aliphatic carbocycles. The lowest BCUT2D eigenvalue weighted by atomic mass is 10.0. The number of benzene rings is 2. The summed E-state index contributed by atoms with van der Waals surface area (Å²) in [5.41, 5.74) is 1.24. The average Bonchev–Trinajstić information content (AvgIpc) is 2.96. The summed E-state index contributed by atoms with van der Waals surface area (Å²) in [5.74, 6) is -1.38. The first-order valence-electron chi connectivity index (χ1n) is 8.22. The number of anilines is 1. The zero-order chi connectivity index (χ0) is 18.0. The largest absolute Gasteiger partial charge is 0.465 e. The molecule has 0 bridgehead atoms. The van der Waals surface area contributed by atoms with E-state index in [2.05, 4.69) is 4.90 Å². The number of likely N-dealkylation sites (tertiary alicyclic amines) is 1. The Morgan fingerprint density at radius 2 is 1.92 bits per heavy atom. The molecule has 2 aromatic rings. The van der Waals surface area contributed by atoms with E-state index >= 15 is 0 Å². The summed E-state index contributed by atoms with van der Waals surface area (Å²) in [6, 6.07) is 10.2. The number of carboxylic acid groups (broad SMARTS) is 1. The molecule has 3 rings (SSSR count). The summed E-state index contributed by atoms with van der Waals surface area (Å²) in [4.78, 5) is 15.3. The van der Waals surface area contributed by atoms with Crippen LogP contribution < -0.4 is 4.90 Å². The molecular formula is C19H20F2N2O2. The summed E-state index contributed by atoms with van der Waals surface area (Å²) >= 11 is 0. The van der Waals surface area contributed by atoms with Crippen molar-refractivity contribution in [2.75, 3.05) is 25.0 Å². The van der Waals surface area contributed by atoms with Gasteiger partial charge in [0.25, 0.3) is 0 Å². The second-order valence-corrected chi connectivity index (χ2v) is 6.35. The number of rotatable bonds is 4. The Kier molecular flexibility index (Phi) is 4.99. The maximum Gasteiger partial charge on any atom is 0.411 e. The molecule has 2 aromatic carbocycles. The monoisotopic (exact) mass is 346 g/mol. The fourth-order valence-electron chi connectivity index (χ4n) is 3.36. The van der Waals surface area contributed by atoms with E-state index in [0.717, 1.165) is 25.5 Å². The van der Waals surface area contributed by atoms with Gasteiger partial charge >= 0.3 is 6.09 Å². The lowest BCUT2D eigenvalue weighted by Gasteiger charge is -2.28. The van der Waals surface area contributed by atoms with Gasteiger partial charge in [-0.3, -0.25) is 4.90 Å². The number of halogens is 2. The molecule has 1 fully saturated rings. The highest BCUT2D eigenvalue weighted by Gasteiger charge is 2.27. The number of para-hydroxylation sites is 1. The van der Waals surface area contributed by atoms with Crippen LogP contribution >= 0.6 is 0 Å². The van der Waals surface area contributed by atoms with Crippen molar-refractivity contribution >= 4 is 11.8 Å². The van der Waals surface area contributed by atoms with Crippen LogP contribution in [-0.4, -0.2) is 42.3 Å². The number of hydrogen-bond acceptors (Lipinski definition) is 2. The van der Waals surface area contributed by atoms with Crippen molar-refractivity contribution in [2.45, 2.75) is 18.9 Å². The van der Waals surface area contributed by atoms with Gasteiger partial charge in [0.1, 0.15) is 11.6 Å². The van der Waals surface area contributed by atoms with Crippen molar-refractivity contribution in [2.24, 2.45) is 0 Å². The van der Waals surface area contributed by atoms with Gasteiger partial charge in [-0.2, -0.15) is 0 Å². The van der Waals surface area contributed by atoms with Gasteiger partial charge in [-0.1, -0.05) is 18.2 Å². The normalized spacial score (nSPS) is 17.6. The van der Waals surface area contributed by atoms with Crippen molar-refractivity contribution in [3.63, 3.8) is 0 Å². The Bertz CT molecular complexity index is 762. The lowest BCUT2D eigenvalue weighted by molar-refractivity contribution is 0.198. The minimum absolute atomic E-state index is 0.133. The Morgan fingerprint density at radius 3 is 2.52 bits per heavy atom. The number of amides is 1. The van der Waals surface area contributed by atoms with Gasteiger partial charge < -0.3 is 10.0 Å². The van der Waals surface area contributed by atoms with Crippen molar-refractivity contribution in [3.8, 4) is 11.1 Å². The van der Waals surface area contributed by atoms with Crippen LogP contribution in [0.25, 0.3) is 11.1 Å². The molecule has 1 N–H and O–H groups in total. The smallest absolute Gasteiger partial charge is 0.411 e. The molecule has 0 aromatic heterocycles. The molecule has 1 aliphatic heterocycles. The molecule has 25 heavy (non-hydrogen) atoms. The van der Waals surface area contributed by atoms with Crippen molar-refractivity contribution in [3.05, 3.63) is 54.1 Å². The van der Waals surface area contributed by atoms with Gasteiger partial charge in [0.05, 0.1) is 5.69 Å². The van der Waals surface area contributed by atoms with Crippen molar-refractivity contribution < 1.29 is 18.7 Å². The van der Waals surface area contributed by atoms with Gasteiger partial charge in [-0.25, -0.2) is 13.6 Å². The Balaban J connectivity index is 2.01. The summed E-state index contributed by atoms with van der Waals surface area (Å²) in [6.07, 6.45) is 0.882. The van der Waals surface area contributed by atoms with Crippen LogP contribution in [0.15, 0.2) is 42.5 Å². The summed E-state index contributed by atoms with van der Waals surface area (Å²) in [7, 11) is 1.98. The van der Waals surface area contributed by atoms with Crippen LogP contribution in [0.4, 0.5) is 19.3 Å². The van der Waals surface area contributed by atoms with Crippen LogP contribution in [-0.2, 0) is 0 Å². The topological polar surface area (TPSA) is 43.8 Å². The molecule has 0 saturated carbocycles. The van der Waals surface area contributed by atoms with E-state index in [0.29, 0.717) is 23.4 Å². The molecule has 1 heterocycles. The molecule has 1 saturated heterocycles. The molecule has 0 spiro atoms. The number of nitrogens with zero attached hydrogens (tertiary/aromatic N) is 2. The van der Waals surface area contributed by atoms with Gasteiger partial charge in [-0.15, -0.1) is 0 Å². The van der Waals surface area contributed by atoms with Gasteiger partial charge in [0.15, 0.2) is 0 Å². The quantitative estimate of drug-likeness (QED) is 0.902. The molecule has 1 atom stereocenters. The Labute approximate surface area is 145 Å². The van der Waals surface area contributed by atoms with Crippen LogP contribution in [0, 0.1) is 11.6 Å². The van der Waals surface area contributed by atoms with E-state index in [4.69, 9.17) is 0 Å². The molecular weight excluding hydrogens is 326 g/mol. The van der Waals surface area contributed by atoms with E-state index in [9.17, 15) is 18.7 Å². The lowest BCUT2D eigenvalue weighted by Crippen LogP contribution is -2.41. The number of carbonyl (C=O) groups is 1. The third kappa shape index (κ3) is 3.79. The van der Waals surface area contributed by atoms with Gasteiger partial charge in [-0.05, 0) is 50.2 Å². The highest BCUT2D eigenvalue weighted by molar-refractivity contribution is 5.93. The predicted octanol–water partition coefficient (Wildman–Crippen LogP) is 4.21. The second kappa shape index (κ2) is 7.19. The first-order valence-corrected chi connectivity index (χ1v) is 8.22. The molecule has 1 amide bonds. The first-order chi connectivity index (χ1) is 12.0. The van der Waals surface area contributed by atoms with Crippen molar-refractivity contribution in [1.82, 2.24) is 4.90 Å². The molecule has 0 radical (unpaired) electrons. The maximum atomic E-state index is 13.6. The third-order valence-electron chi connectivity index (χ3n) is 4.66. The fourth-order valence-corrected chi connectivity index (χ4v) is 3.36. The predicted molar refractivity (Wildman–Crippen MR) is 92.8 cm³/mol. The highest BCUT2D eigenvalue weighted by atomic mass is 19.1. The second-order valence-electron chi connectivity index (χ2n) is 6.35. The minimum atomic E-state index is -1.08. The maximum absolute atomic E-state index is 13.6. The average molecular weight is 346 g/mol. The van der Waals surface area contributed by atoms with E-state index in [1.807, 2.05) is 7.05 Å². The molecule has 4 nitrogen and oxygen atoms in total. The van der Waals surface area contributed by atoms with Gasteiger partial charge in [0, 0.05) is 24.2 Å². The fraction of sp³-hybridized carbons (Fsp3) is 0.316.